The van der Waals surface area contributed by atoms with E-state index in [1.807, 2.05) is 25.1 Å². The zero-order valence-corrected chi connectivity index (χ0v) is 12.0. The molecule has 0 saturated carbocycles. The molecule has 0 aromatic heterocycles. The van der Waals surface area contributed by atoms with Gasteiger partial charge in [-0.05, 0) is 24.5 Å². The fourth-order valence-corrected chi connectivity index (χ4v) is 4.84. The van der Waals surface area contributed by atoms with Crippen molar-refractivity contribution in [3.63, 3.8) is 0 Å². The second-order valence-electron chi connectivity index (χ2n) is 5.49. The molecule has 3 rings (SSSR count). The fourth-order valence-electron chi connectivity index (χ4n) is 3.02. The molecule has 1 atom stereocenters. The minimum absolute atomic E-state index is 0.272. The van der Waals surface area contributed by atoms with Gasteiger partial charge in [0.05, 0.1) is 10.1 Å². The van der Waals surface area contributed by atoms with Crippen LogP contribution in [0.3, 0.4) is 0 Å². The molecule has 104 valence electrons. The summed E-state index contributed by atoms with van der Waals surface area (Å²) in [4.78, 5) is 2.94. The summed E-state index contributed by atoms with van der Waals surface area (Å²) in [6.07, 6.45) is 0.660. The Labute approximate surface area is 114 Å². The van der Waals surface area contributed by atoms with Crippen LogP contribution in [0.5, 0.6) is 0 Å². The van der Waals surface area contributed by atoms with E-state index in [1.54, 1.807) is 0 Å². The normalized spacial score (nSPS) is 26.3. The van der Waals surface area contributed by atoms with Crippen LogP contribution >= 0.6 is 0 Å². The van der Waals surface area contributed by atoms with E-state index in [1.165, 1.54) is 0 Å². The molecule has 5 heteroatoms. The molecule has 0 aliphatic carbocycles. The molecular weight excluding hydrogens is 260 g/mol. The number of hydrogen-bond acceptors (Lipinski definition) is 4. The highest BCUT2D eigenvalue weighted by Crippen LogP contribution is 2.34. The Morgan fingerprint density at radius 3 is 2.79 bits per heavy atom. The first-order valence-electron chi connectivity index (χ1n) is 6.87. The van der Waals surface area contributed by atoms with Gasteiger partial charge in [0.25, 0.3) is 0 Å². The molecule has 2 aliphatic heterocycles. The molecule has 1 aromatic rings. The van der Waals surface area contributed by atoms with Crippen LogP contribution in [0.4, 0.5) is 0 Å². The summed E-state index contributed by atoms with van der Waals surface area (Å²) < 4.78 is 24.8. The first-order valence-corrected chi connectivity index (χ1v) is 8.41. The third-order valence-corrected chi connectivity index (χ3v) is 6.42. The third-order valence-electron chi connectivity index (χ3n) is 4.10. The van der Waals surface area contributed by atoms with Gasteiger partial charge >= 0.3 is 0 Å². The number of sulfone groups is 1. The van der Waals surface area contributed by atoms with E-state index in [4.69, 9.17) is 0 Å². The number of piperazine rings is 1. The number of hydrogen-bond donors (Lipinski definition) is 1. The van der Waals surface area contributed by atoms with Gasteiger partial charge in [0.1, 0.15) is 0 Å². The van der Waals surface area contributed by atoms with Crippen LogP contribution in [-0.4, -0.2) is 44.7 Å². The average Bonchev–Trinajstić information content (AvgIpc) is 2.62. The van der Waals surface area contributed by atoms with Crippen LogP contribution in [0.25, 0.3) is 0 Å². The highest BCUT2D eigenvalue weighted by molar-refractivity contribution is 7.92. The van der Waals surface area contributed by atoms with Crippen molar-refractivity contribution in [2.24, 2.45) is 0 Å². The Morgan fingerprint density at radius 2 is 2.05 bits per heavy atom. The average molecular weight is 280 g/mol. The maximum atomic E-state index is 12.4. The molecular formula is C14H20N2O2S. The van der Waals surface area contributed by atoms with E-state index in [-0.39, 0.29) is 5.25 Å². The number of nitrogens with zero attached hydrogens (tertiary/aromatic N) is 1. The van der Waals surface area contributed by atoms with Gasteiger partial charge < -0.3 is 5.32 Å². The zero-order chi connectivity index (χ0) is 13.5. The van der Waals surface area contributed by atoms with Gasteiger partial charge in [-0.3, -0.25) is 4.90 Å². The Morgan fingerprint density at radius 1 is 1.32 bits per heavy atom. The summed E-state index contributed by atoms with van der Waals surface area (Å²) in [5.41, 5.74) is 1.98. The number of fused-ring (bicyclic) bond motifs is 1. The number of nitrogens with one attached hydrogen (secondary N) is 1. The van der Waals surface area contributed by atoms with E-state index in [2.05, 4.69) is 10.2 Å². The lowest BCUT2D eigenvalue weighted by Crippen LogP contribution is -2.43. The monoisotopic (exact) mass is 280 g/mol. The van der Waals surface area contributed by atoms with E-state index in [9.17, 15) is 8.42 Å². The number of benzene rings is 1. The van der Waals surface area contributed by atoms with Crippen LogP contribution in [0.1, 0.15) is 18.1 Å². The van der Waals surface area contributed by atoms with Crippen molar-refractivity contribution >= 4 is 9.84 Å². The van der Waals surface area contributed by atoms with E-state index in [0.29, 0.717) is 11.3 Å². The minimum Gasteiger partial charge on any atom is -0.314 e. The van der Waals surface area contributed by atoms with Gasteiger partial charge in [0, 0.05) is 32.7 Å². The van der Waals surface area contributed by atoms with E-state index in [0.717, 1.165) is 43.9 Å². The largest absolute Gasteiger partial charge is 0.314 e. The van der Waals surface area contributed by atoms with Crippen molar-refractivity contribution in [1.82, 2.24) is 10.2 Å². The van der Waals surface area contributed by atoms with Crippen LogP contribution in [-0.2, 0) is 22.8 Å². The Kier molecular flexibility index (Phi) is 3.37. The van der Waals surface area contributed by atoms with Crippen molar-refractivity contribution in [2.75, 3.05) is 26.2 Å². The van der Waals surface area contributed by atoms with Crippen LogP contribution in [0.2, 0.25) is 0 Å². The summed E-state index contributed by atoms with van der Waals surface area (Å²) in [5.74, 6) is 0. The second kappa shape index (κ2) is 4.89. The molecule has 1 aromatic carbocycles. The standard InChI is InChI=1S/C14H20N2O2S/c1-11-9-12-3-2-4-13(14(12)19(11,17)18)10-16-7-5-15-6-8-16/h2-4,11,15H,5-10H2,1H3. The molecule has 2 aliphatic rings. The van der Waals surface area contributed by atoms with Gasteiger partial charge in [-0.25, -0.2) is 8.42 Å². The van der Waals surface area contributed by atoms with Gasteiger partial charge in [0.2, 0.25) is 0 Å². The molecule has 19 heavy (non-hydrogen) atoms. The highest BCUT2D eigenvalue weighted by Gasteiger charge is 2.35. The van der Waals surface area contributed by atoms with E-state index >= 15 is 0 Å². The predicted molar refractivity (Wildman–Crippen MR) is 74.9 cm³/mol. The quantitative estimate of drug-likeness (QED) is 0.871. The minimum atomic E-state index is -3.11. The molecule has 0 amide bonds. The molecule has 0 spiro atoms. The van der Waals surface area contributed by atoms with Gasteiger partial charge in [-0.1, -0.05) is 18.2 Å². The topological polar surface area (TPSA) is 49.4 Å². The summed E-state index contributed by atoms with van der Waals surface area (Å²) in [7, 11) is -3.11. The van der Waals surface area contributed by atoms with Crippen molar-refractivity contribution in [3.05, 3.63) is 29.3 Å². The predicted octanol–water partition coefficient (Wildman–Crippen LogP) is 0.810. The maximum absolute atomic E-state index is 12.4. The van der Waals surface area contributed by atoms with Crippen LogP contribution in [0.15, 0.2) is 23.1 Å². The van der Waals surface area contributed by atoms with Crippen LogP contribution in [0, 0.1) is 0 Å². The smallest absolute Gasteiger partial charge is 0.181 e. The Balaban J connectivity index is 1.94. The lowest BCUT2D eigenvalue weighted by Gasteiger charge is -2.27. The highest BCUT2D eigenvalue weighted by atomic mass is 32.2. The Bertz CT molecular complexity index is 577. The molecule has 2 heterocycles. The zero-order valence-electron chi connectivity index (χ0n) is 11.2. The summed E-state index contributed by atoms with van der Waals surface area (Å²) in [6.45, 7) is 6.50. The maximum Gasteiger partial charge on any atom is 0.181 e. The molecule has 0 radical (unpaired) electrons. The first kappa shape index (κ1) is 13.1. The van der Waals surface area contributed by atoms with Crippen LogP contribution < -0.4 is 5.32 Å². The van der Waals surface area contributed by atoms with Crippen molar-refractivity contribution in [2.45, 2.75) is 30.0 Å². The lowest BCUT2D eigenvalue weighted by atomic mass is 10.1. The number of rotatable bonds is 2. The molecule has 1 unspecified atom stereocenters. The van der Waals surface area contributed by atoms with Crippen molar-refractivity contribution in [1.29, 1.82) is 0 Å². The Hall–Kier alpha value is -0.910. The first-order chi connectivity index (χ1) is 9.09. The summed E-state index contributed by atoms with van der Waals surface area (Å²) >= 11 is 0. The van der Waals surface area contributed by atoms with Gasteiger partial charge in [-0.15, -0.1) is 0 Å². The van der Waals surface area contributed by atoms with Crippen molar-refractivity contribution < 1.29 is 8.42 Å². The molecule has 1 fully saturated rings. The van der Waals surface area contributed by atoms with E-state index < -0.39 is 9.84 Å². The fraction of sp³-hybridized carbons (Fsp3) is 0.571. The second-order valence-corrected chi connectivity index (χ2v) is 7.79. The third kappa shape index (κ3) is 2.30. The van der Waals surface area contributed by atoms with Crippen molar-refractivity contribution in [3.8, 4) is 0 Å². The molecule has 1 saturated heterocycles. The molecule has 4 nitrogen and oxygen atoms in total. The van der Waals surface area contributed by atoms with Gasteiger partial charge in [-0.2, -0.15) is 0 Å². The molecule has 1 N–H and O–H groups in total. The van der Waals surface area contributed by atoms with Gasteiger partial charge in [0.15, 0.2) is 9.84 Å². The summed E-state index contributed by atoms with van der Waals surface area (Å²) in [5, 5.41) is 3.04. The SMILES string of the molecule is CC1Cc2cccc(CN3CCNCC3)c2S1(=O)=O. The lowest BCUT2D eigenvalue weighted by molar-refractivity contribution is 0.231. The molecule has 0 bridgehead atoms. The summed E-state index contributed by atoms with van der Waals surface area (Å²) in [6, 6.07) is 5.91.